The number of aryl methyl sites for hydroxylation is 2. The predicted octanol–water partition coefficient (Wildman–Crippen LogP) is 17.2. The Morgan fingerprint density at radius 3 is 0.875 bits per heavy atom. The lowest BCUT2D eigenvalue weighted by Gasteiger charge is -2.16. The van der Waals surface area contributed by atoms with Gasteiger partial charge < -0.3 is 0 Å². The fourth-order valence-corrected chi connectivity index (χ4v) is 8.42. The first kappa shape index (κ1) is 41.3. The van der Waals surface area contributed by atoms with E-state index < -0.39 is 0 Å². The highest BCUT2D eigenvalue weighted by Gasteiger charge is 2.13. The molecule has 9 rings (SSSR count). The van der Waals surface area contributed by atoms with Crippen LogP contribution in [0.25, 0.3) is 69.9 Å². The first-order valence-electron chi connectivity index (χ1n) is 22.1. The maximum absolute atomic E-state index is 2.36. The second-order valence-electron chi connectivity index (χ2n) is 16.2. The van der Waals surface area contributed by atoms with E-state index in [2.05, 4.69) is 281 Å². The summed E-state index contributed by atoms with van der Waals surface area (Å²) >= 11 is 0. The van der Waals surface area contributed by atoms with Crippen molar-refractivity contribution in [3.8, 4) is 22.3 Å². The van der Waals surface area contributed by atoms with Crippen molar-refractivity contribution in [1.82, 2.24) is 0 Å². The minimum Gasteiger partial charge on any atom is -0.0622 e. The molecule has 0 aliphatic heterocycles. The maximum Gasteiger partial charge on any atom is -0.0105 e. The third-order valence-electron chi connectivity index (χ3n) is 11.8. The van der Waals surface area contributed by atoms with Crippen molar-refractivity contribution in [3.05, 3.63) is 297 Å². The van der Waals surface area contributed by atoms with Crippen LogP contribution < -0.4 is 0 Å². The first-order valence-corrected chi connectivity index (χ1v) is 22.1. The van der Waals surface area contributed by atoms with E-state index in [0.717, 1.165) is 11.1 Å². The largest absolute Gasteiger partial charge is 0.0622 e. The topological polar surface area (TPSA) is 0 Å². The van der Waals surface area contributed by atoms with Crippen molar-refractivity contribution in [2.75, 3.05) is 0 Å². The molecule has 0 saturated heterocycles. The van der Waals surface area contributed by atoms with Gasteiger partial charge in [-0.3, -0.25) is 0 Å². The molecule has 0 aliphatic rings. The minimum atomic E-state index is 1.16. The summed E-state index contributed by atoms with van der Waals surface area (Å²) in [5, 5.41) is 0. The van der Waals surface area contributed by atoms with Crippen molar-refractivity contribution in [2.45, 2.75) is 13.8 Å². The molecule has 0 spiro atoms. The Morgan fingerprint density at radius 1 is 0.266 bits per heavy atom. The maximum atomic E-state index is 2.36. The van der Waals surface area contributed by atoms with E-state index in [0.29, 0.717) is 0 Å². The Hall–Kier alpha value is -8.06. The van der Waals surface area contributed by atoms with Gasteiger partial charge >= 0.3 is 0 Å². The molecule has 0 heterocycles. The van der Waals surface area contributed by atoms with Gasteiger partial charge in [0.2, 0.25) is 0 Å². The van der Waals surface area contributed by atoms with Crippen molar-refractivity contribution < 1.29 is 0 Å². The number of hydrogen-bond acceptors (Lipinski definition) is 0. The second-order valence-corrected chi connectivity index (χ2v) is 16.2. The molecule has 0 amide bonds. The fraction of sp³-hybridized carbons (Fsp3) is 0.0312. The van der Waals surface area contributed by atoms with Gasteiger partial charge in [-0.2, -0.15) is 0 Å². The zero-order valence-corrected chi connectivity index (χ0v) is 36.4. The second kappa shape index (κ2) is 19.8. The van der Waals surface area contributed by atoms with Crippen LogP contribution in [0.2, 0.25) is 0 Å². The van der Waals surface area contributed by atoms with Gasteiger partial charge in [0.1, 0.15) is 0 Å². The molecule has 0 bridgehead atoms. The van der Waals surface area contributed by atoms with E-state index in [1.807, 2.05) is 0 Å². The van der Waals surface area contributed by atoms with E-state index in [1.54, 1.807) is 0 Å². The van der Waals surface area contributed by atoms with Crippen molar-refractivity contribution in [3.63, 3.8) is 0 Å². The Labute approximate surface area is 379 Å². The van der Waals surface area contributed by atoms with E-state index in [-0.39, 0.29) is 0 Å². The summed E-state index contributed by atoms with van der Waals surface area (Å²) in [6.45, 7) is 4.47. The van der Waals surface area contributed by atoms with Crippen molar-refractivity contribution in [2.24, 2.45) is 0 Å². The quantitative estimate of drug-likeness (QED) is 0.108. The average molecular weight is 819 g/mol. The lowest BCUT2D eigenvalue weighted by atomic mass is 9.88. The molecule has 0 aliphatic carbocycles. The van der Waals surface area contributed by atoms with Gasteiger partial charge in [-0.1, -0.05) is 255 Å². The molecule has 0 unspecified atom stereocenters. The van der Waals surface area contributed by atoms with E-state index in [9.17, 15) is 0 Å². The summed E-state index contributed by atoms with van der Waals surface area (Å²) in [7, 11) is 0. The molecule has 0 radical (unpaired) electrons. The van der Waals surface area contributed by atoms with Crippen LogP contribution in [0.4, 0.5) is 0 Å². The molecule has 0 saturated carbocycles. The number of rotatable bonds is 12. The molecular weight excluding hydrogens is 769 g/mol. The zero-order chi connectivity index (χ0) is 43.5. The van der Waals surface area contributed by atoms with Crippen LogP contribution in [0.15, 0.2) is 231 Å². The Kier molecular flexibility index (Phi) is 12.8. The molecule has 9 aromatic carbocycles. The van der Waals surface area contributed by atoms with E-state index >= 15 is 0 Å². The predicted molar refractivity (Wildman–Crippen MR) is 277 cm³/mol. The third kappa shape index (κ3) is 9.84. The zero-order valence-electron chi connectivity index (χ0n) is 36.4. The summed E-state index contributed by atoms with van der Waals surface area (Å²) in [6, 6.07) is 82.3. The van der Waals surface area contributed by atoms with Crippen LogP contribution in [-0.4, -0.2) is 0 Å². The van der Waals surface area contributed by atoms with Crippen LogP contribution in [0.3, 0.4) is 0 Å². The molecule has 0 nitrogen and oxygen atoms in total. The SMILES string of the molecule is Cc1cc(-c2ccccc2/C=C\c2ccc(C=C(c3ccccc3)c3ccccc3)cc2)c(C)cc1-c1ccccc1C=Cc1ccc(C=C(c2ccccc2)c2ccccc2)cc1. The van der Waals surface area contributed by atoms with Gasteiger partial charge in [-0.15, -0.1) is 0 Å². The highest BCUT2D eigenvalue weighted by molar-refractivity contribution is 5.93. The number of hydrogen-bond donors (Lipinski definition) is 0. The van der Waals surface area contributed by atoms with Gasteiger partial charge in [0.15, 0.2) is 0 Å². The Balaban J connectivity index is 0.939. The normalized spacial score (nSPS) is 11.2. The molecule has 64 heavy (non-hydrogen) atoms. The molecular formula is C64H50. The summed E-state index contributed by atoms with van der Waals surface area (Å²) in [5.41, 5.74) is 21.7. The van der Waals surface area contributed by atoms with Crippen LogP contribution in [0.1, 0.15) is 66.8 Å². The standard InChI is InChI=1S/C64H50/c1-47-43-62(60-30-18-16-28-58(60)42-40-50-33-37-52(38-34-50)46-64(55-23-11-5-12-24-55)56-25-13-6-14-26-56)48(2)44-61(47)59-29-17-15-27-57(59)41-39-49-31-35-51(36-32-49)45-63(53-19-7-3-8-20-53)54-21-9-4-10-22-54/h3-46H,1-2H3/b41-39-,42-40?. The first-order chi connectivity index (χ1) is 31.6. The fourth-order valence-electron chi connectivity index (χ4n) is 8.42. The van der Waals surface area contributed by atoms with E-state index in [4.69, 9.17) is 0 Å². The smallest absolute Gasteiger partial charge is 0.0105 e. The summed E-state index contributed by atoms with van der Waals surface area (Å²) < 4.78 is 0. The lowest BCUT2D eigenvalue weighted by Crippen LogP contribution is -1.93. The van der Waals surface area contributed by atoms with E-state index in [1.165, 1.54) is 89.0 Å². The Morgan fingerprint density at radius 2 is 0.547 bits per heavy atom. The highest BCUT2D eigenvalue weighted by atomic mass is 14.2. The summed E-state index contributed by atoms with van der Waals surface area (Å²) in [4.78, 5) is 0. The monoisotopic (exact) mass is 818 g/mol. The van der Waals surface area contributed by atoms with Gasteiger partial charge in [-0.25, -0.2) is 0 Å². The lowest BCUT2D eigenvalue weighted by molar-refractivity contribution is 1.38. The third-order valence-corrected chi connectivity index (χ3v) is 11.8. The van der Waals surface area contributed by atoms with Gasteiger partial charge in [0.25, 0.3) is 0 Å². The number of benzene rings is 9. The van der Waals surface area contributed by atoms with Crippen LogP contribution in [0, 0.1) is 13.8 Å². The van der Waals surface area contributed by atoms with Gasteiger partial charge in [-0.05, 0) is 126 Å². The molecule has 0 aromatic heterocycles. The van der Waals surface area contributed by atoms with Gasteiger partial charge in [0, 0.05) is 0 Å². The molecule has 306 valence electrons. The molecule has 0 fully saturated rings. The van der Waals surface area contributed by atoms with Crippen LogP contribution in [0.5, 0.6) is 0 Å². The highest BCUT2D eigenvalue weighted by Crippen LogP contribution is 2.36. The molecule has 0 heteroatoms. The molecule has 0 N–H and O–H groups in total. The van der Waals surface area contributed by atoms with Crippen molar-refractivity contribution >= 4 is 47.6 Å². The average Bonchev–Trinajstić information content (AvgIpc) is 3.36. The van der Waals surface area contributed by atoms with Crippen molar-refractivity contribution in [1.29, 1.82) is 0 Å². The minimum absolute atomic E-state index is 1.16. The van der Waals surface area contributed by atoms with Crippen LogP contribution in [-0.2, 0) is 0 Å². The Bertz CT molecular complexity index is 2790. The summed E-state index contributed by atoms with van der Waals surface area (Å²) in [6.07, 6.45) is 13.5. The molecule has 0 atom stereocenters. The van der Waals surface area contributed by atoms with Gasteiger partial charge in [0.05, 0.1) is 0 Å². The molecule has 9 aromatic rings. The van der Waals surface area contributed by atoms with Crippen LogP contribution >= 0.6 is 0 Å². The summed E-state index contributed by atoms with van der Waals surface area (Å²) in [5.74, 6) is 0.